The molecule has 0 radical (unpaired) electrons. The van der Waals surface area contributed by atoms with Crippen LogP contribution in [0, 0.1) is 0 Å². The first-order valence-electron chi connectivity index (χ1n) is 6.40. The molecule has 0 fully saturated rings. The summed E-state index contributed by atoms with van der Waals surface area (Å²) in [7, 11) is 0. The minimum absolute atomic E-state index is 0.984. The zero-order valence-corrected chi connectivity index (χ0v) is 10.2. The lowest BCUT2D eigenvalue weighted by Crippen LogP contribution is -2.19. The number of allylic oxidation sites excluding steroid dienone is 1. The van der Waals surface area contributed by atoms with Gasteiger partial charge in [0.15, 0.2) is 0 Å². The standard InChI is InChI=1S/C15H18N2/c1-2-11-7-9-16-10-8-13-12-5-3-4-6-14(12)17-15(11)13/h3-7,16-17H,2,8-10H2,1H3/b11-7-. The summed E-state index contributed by atoms with van der Waals surface area (Å²) in [4.78, 5) is 3.59. The fraction of sp³-hybridized carbons (Fsp3) is 0.333. The SMILES string of the molecule is CC/C1=C/CNCCc2c1[nH]c1ccccc21. The highest BCUT2D eigenvalue weighted by molar-refractivity contribution is 5.89. The molecule has 2 heteroatoms. The third kappa shape index (κ3) is 1.79. The Hall–Kier alpha value is -1.54. The van der Waals surface area contributed by atoms with E-state index in [0.29, 0.717) is 0 Å². The first-order chi connectivity index (χ1) is 8.40. The monoisotopic (exact) mass is 226 g/mol. The summed E-state index contributed by atoms with van der Waals surface area (Å²) in [5.74, 6) is 0. The van der Waals surface area contributed by atoms with E-state index in [2.05, 4.69) is 47.6 Å². The van der Waals surface area contributed by atoms with Crippen LogP contribution < -0.4 is 5.32 Å². The average molecular weight is 226 g/mol. The van der Waals surface area contributed by atoms with E-state index in [9.17, 15) is 0 Å². The predicted molar refractivity (Wildman–Crippen MR) is 73.1 cm³/mol. The van der Waals surface area contributed by atoms with Crippen LogP contribution in [0.1, 0.15) is 24.6 Å². The van der Waals surface area contributed by atoms with Gasteiger partial charge in [0, 0.05) is 23.1 Å². The van der Waals surface area contributed by atoms with Crippen LogP contribution in [-0.2, 0) is 6.42 Å². The van der Waals surface area contributed by atoms with Crippen LogP contribution in [0.2, 0.25) is 0 Å². The second-order valence-electron chi connectivity index (χ2n) is 4.56. The van der Waals surface area contributed by atoms with Crippen molar-refractivity contribution in [2.24, 2.45) is 0 Å². The summed E-state index contributed by atoms with van der Waals surface area (Å²) >= 11 is 0. The van der Waals surface area contributed by atoms with E-state index < -0.39 is 0 Å². The molecule has 3 rings (SSSR count). The van der Waals surface area contributed by atoms with Gasteiger partial charge in [-0.25, -0.2) is 0 Å². The van der Waals surface area contributed by atoms with Gasteiger partial charge in [-0.05, 0) is 36.6 Å². The molecule has 17 heavy (non-hydrogen) atoms. The molecule has 0 atom stereocenters. The van der Waals surface area contributed by atoms with Crippen molar-refractivity contribution in [2.75, 3.05) is 13.1 Å². The van der Waals surface area contributed by atoms with Crippen LogP contribution in [0.15, 0.2) is 30.3 Å². The molecule has 0 unspecified atom stereocenters. The summed E-state index contributed by atoms with van der Waals surface area (Å²) in [5, 5.41) is 4.84. The number of rotatable bonds is 1. The number of hydrogen-bond donors (Lipinski definition) is 2. The van der Waals surface area contributed by atoms with Crippen molar-refractivity contribution in [2.45, 2.75) is 19.8 Å². The Labute approximate surface area is 102 Å². The molecule has 1 aromatic heterocycles. The highest BCUT2D eigenvalue weighted by Crippen LogP contribution is 2.29. The Morgan fingerprint density at radius 2 is 2.12 bits per heavy atom. The van der Waals surface area contributed by atoms with E-state index >= 15 is 0 Å². The van der Waals surface area contributed by atoms with E-state index in [1.54, 1.807) is 0 Å². The third-order valence-electron chi connectivity index (χ3n) is 3.56. The largest absolute Gasteiger partial charge is 0.355 e. The van der Waals surface area contributed by atoms with Gasteiger partial charge in [-0.15, -0.1) is 0 Å². The molecule has 2 aromatic rings. The van der Waals surface area contributed by atoms with Crippen molar-refractivity contribution >= 4 is 16.5 Å². The van der Waals surface area contributed by atoms with Crippen molar-refractivity contribution in [1.82, 2.24) is 10.3 Å². The van der Waals surface area contributed by atoms with Gasteiger partial charge in [0.25, 0.3) is 0 Å². The van der Waals surface area contributed by atoms with Gasteiger partial charge in [-0.2, -0.15) is 0 Å². The molecule has 2 N–H and O–H groups in total. The molecule has 0 saturated carbocycles. The number of nitrogens with one attached hydrogen (secondary N) is 2. The fourth-order valence-corrected chi connectivity index (χ4v) is 2.67. The van der Waals surface area contributed by atoms with Crippen molar-refractivity contribution < 1.29 is 0 Å². The second kappa shape index (κ2) is 4.38. The molecular weight excluding hydrogens is 208 g/mol. The van der Waals surface area contributed by atoms with Crippen molar-refractivity contribution in [3.05, 3.63) is 41.6 Å². The van der Waals surface area contributed by atoms with Crippen LogP contribution in [0.3, 0.4) is 0 Å². The van der Waals surface area contributed by atoms with E-state index in [1.807, 2.05) is 0 Å². The van der Waals surface area contributed by atoms with Crippen LogP contribution in [0.4, 0.5) is 0 Å². The summed E-state index contributed by atoms with van der Waals surface area (Å²) in [6.07, 6.45) is 4.51. The molecule has 0 amide bonds. The van der Waals surface area contributed by atoms with E-state index in [1.165, 1.54) is 27.7 Å². The molecule has 1 aromatic carbocycles. The maximum absolute atomic E-state index is 3.59. The van der Waals surface area contributed by atoms with Gasteiger partial charge in [0.05, 0.1) is 0 Å². The van der Waals surface area contributed by atoms with Crippen LogP contribution >= 0.6 is 0 Å². The third-order valence-corrected chi connectivity index (χ3v) is 3.56. The lowest BCUT2D eigenvalue weighted by atomic mass is 9.99. The summed E-state index contributed by atoms with van der Waals surface area (Å²) in [6.45, 7) is 4.27. The lowest BCUT2D eigenvalue weighted by Gasteiger charge is -2.12. The van der Waals surface area contributed by atoms with Gasteiger partial charge < -0.3 is 10.3 Å². The zero-order valence-electron chi connectivity index (χ0n) is 10.2. The molecular formula is C15H18N2. The van der Waals surface area contributed by atoms with Gasteiger partial charge in [-0.3, -0.25) is 0 Å². The normalized spacial score (nSPS) is 19.2. The zero-order chi connectivity index (χ0) is 11.7. The van der Waals surface area contributed by atoms with Crippen molar-refractivity contribution in [3.8, 4) is 0 Å². The number of H-pyrrole nitrogens is 1. The molecule has 88 valence electrons. The maximum Gasteiger partial charge on any atom is 0.0461 e. The molecule has 2 nitrogen and oxygen atoms in total. The number of benzene rings is 1. The molecule has 1 aliphatic rings. The van der Waals surface area contributed by atoms with E-state index in [0.717, 1.165) is 25.9 Å². The number of para-hydroxylation sites is 1. The highest BCUT2D eigenvalue weighted by atomic mass is 14.8. The minimum Gasteiger partial charge on any atom is -0.355 e. The quantitative estimate of drug-likeness (QED) is 0.768. The van der Waals surface area contributed by atoms with E-state index in [4.69, 9.17) is 0 Å². The average Bonchev–Trinajstić information content (AvgIpc) is 2.68. The maximum atomic E-state index is 3.59. The van der Waals surface area contributed by atoms with Crippen LogP contribution in [0.25, 0.3) is 16.5 Å². The molecule has 0 bridgehead atoms. The van der Waals surface area contributed by atoms with E-state index in [-0.39, 0.29) is 0 Å². The lowest BCUT2D eigenvalue weighted by molar-refractivity contribution is 0.739. The Bertz CT molecular complexity index is 563. The topological polar surface area (TPSA) is 27.8 Å². The molecule has 2 heterocycles. The van der Waals surface area contributed by atoms with Crippen molar-refractivity contribution in [3.63, 3.8) is 0 Å². The Balaban J connectivity index is 2.25. The number of fused-ring (bicyclic) bond motifs is 3. The van der Waals surface area contributed by atoms with Crippen LogP contribution in [-0.4, -0.2) is 18.1 Å². The van der Waals surface area contributed by atoms with Crippen LogP contribution in [0.5, 0.6) is 0 Å². The smallest absolute Gasteiger partial charge is 0.0461 e. The van der Waals surface area contributed by atoms with Gasteiger partial charge in [-0.1, -0.05) is 31.2 Å². The molecule has 0 saturated heterocycles. The Morgan fingerprint density at radius 3 is 3.00 bits per heavy atom. The predicted octanol–water partition coefficient (Wildman–Crippen LogP) is 3.11. The summed E-state index contributed by atoms with van der Waals surface area (Å²) in [5.41, 5.74) is 5.53. The molecule has 0 spiro atoms. The first kappa shape index (κ1) is 10.6. The fourth-order valence-electron chi connectivity index (χ4n) is 2.67. The van der Waals surface area contributed by atoms with Gasteiger partial charge >= 0.3 is 0 Å². The summed E-state index contributed by atoms with van der Waals surface area (Å²) in [6, 6.07) is 8.61. The number of aromatic nitrogens is 1. The van der Waals surface area contributed by atoms with Gasteiger partial charge in [0.1, 0.15) is 0 Å². The number of aromatic amines is 1. The second-order valence-corrected chi connectivity index (χ2v) is 4.56. The van der Waals surface area contributed by atoms with Crippen molar-refractivity contribution in [1.29, 1.82) is 0 Å². The summed E-state index contributed by atoms with van der Waals surface area (Å²) < 4.78 is 0. The first-order valence-corrected chi connectivity index (χ1v) is 6.40. The highest BCUT2D eigenvalue weighted by Gasteiger charge is 2.14. The Morgan fingerprint density at radius 1 is 1.24 bits per heavy atom. The minimum atomic E-state index is 0.984. The Kier molecular flexibility index (Phi) is 2.73. The van der Waals surface area contributed by atoms with Gasteiger partial charge in [0.2, 0.25) is 0 Å². The molecule has 1 aliphatic heterocycles. The number of hydrogen-bond acceptors (Lipinski definition) is 1. The molecule has 0 aliphatic carbocycles.